The number of carbonyl (C=O) groups is 2. The van der Waals surface area contributed by atoms with Crippen LogP contribution in [-0.2, 0) is 9.53 Å². The molecule has 0 fully saturated rings. The van der Waals surface area contributed by atoms with Crippen LogP contribution >= 0.6 is 0 Å². The number of carbonyl (C=O) groups excluding carboxylic acids is 2. The van der Waals surface area contributed by atoms with Crippen LogP contribution in [0.2, 0.25) is 0 Å². The second kappa shape index (κ2) is 6.74. The Labute approximate surface area is 121 Å². The third-order valence-electron chi connectivity index (χ3n) is 3.13. The summed E-state index contributed by atoms with van der Waals surface area (Å²) in [5, 5.41) is 4.89. The van der Waals surface area contributed by atoms with Crippen LogP contribution in [-0.4, -0.2) is 30.2 Å². The fourth-order valence-corrected chi connectivity index (χ4v) is 2.26. The molecule has 1 N–H and O–H groups in total. The van der Waals surface area contributed by atoms with Crippen LogP contribution < -0.4 is 5.43 Å². The summed E-state index contributed by atoms with van der Waals surface area (Å²) >= 11 is 0. The number of ether oxygens (including phenoxy) is 1. The van der Waals surface area contributed by atoms with Crippen LogP contribution in [0.5, 0.6) is 0 Å². The maximum absolute atomic E-state index is 12.0. The summed E-state index contributed by atoms with van der Waals surface area (Å²) in [6, 6.07) is 6.59. The average molecular weight is 289 g/mol. The molecule has 1 aliphatic rings. The zero-order chi connectivity index (χ0) is 15.2. The predicted octanol–water partition coefficient (Wildman–Crippen LogP) is 1.91. The number of benzene rings is 1. The molecule has 1 atom stereocenters. The second-order valence-electron chi connectivity index (χ2n) is 4.40. The summed E-state index contributed by atoms with van der Waals surface area (Å²) in [7, 11) is 0. The van der Waals surface area contributed by atoms with Gasteiger partial charge >= 0.3 is 5.97 Å². The van der Waals surface area contributed by atoms with Gasteiger partial charge in [0.2, 0.25) is 0 Å². The number of nitrogens with zero attached hydrogens (tertiary/aromatic N) is 4. The van der Waals surface area contributed by atoms with Crippen molar-refractivity contribution in [2.24, 2.45) is 5.11 Å². The molecule has 0 radical (unpaired) electrons. The molecule has 1 unspecified atom stereocenters. The summed E-state index contributed by atoms with van der Waals surface area (Å²) < 4.78 is 4.96. The van der Waals surface area contributed by atoms with Gasteiger partial charge in [-0.1, -0.05) is 23.3 Å². The quantitative estimate of drug-likeness (QED) is 0.386. The monoisotopic (exact) mass is 289 g/mol. The van der Waals surface area contributed by atoms with Gasteiger partial charge in [0.05, 0.1) is 25.7 Å². The number of nitrogens with one attached hydrogen (secondary N) is 1. The first-order valence-corrected chi connectivity index (χ1v) is 6.50. The fraction of sp³-hybridized carbons (Fsp3) is 0.385. The van der Waals surface area contributed by atoms with Gasteiger partial charge in [-0.2, -0.15) is 0 Å². The maximum Gasteiger partial charge on any atom is 0.307 e. The fourth-order valence-electron chi connectivity index (χ4n) is 2.26. The van der Waals surface area contributed by atoms with Gasteiger partial charge in [0.25, 0.3) is 5.91 Å². The number of azide groups is 1. The minimum Gasteiger partial charge on any atom is -0.466 e. The number of rotatable bonds is 5. The molecule has 1 aromatic rings. The van der Waals surface area contributed by atoms with E-state index in [1.54, 1.807) is 31.2 Å². The van der Waals surface area contributed by atoms with Gasteiger partial charge in [0.1, 0.15) is 0 Å². The molecule has 1 aromatic carbocycles. The van der Waals surface area contributed by atoms with Crippen LogP contribution in [0.25, 0.3) is 10.4 Å². The van der Waals surface area contributed by atoms with Crippen molar-refractivity contribution in [2.75, 3.05) is 13.3 Å². The molecule has 0 bridgehead atoms. The van der Waals surface area contributed by atoms with E-state index in [1.165, 1.54) is 5.01 Å². The normalized spacial score (nSPS) is 17.4. The zero-order valence-electron chi connectivity index (χ0n) is 11.5. The number of hydrogen-bond acceptors (Lipinski definition) is 5. The first-order chi connectivity index (χ1) is 10.2. The lowest BCUT2D eigenvalue weighted by Gasteiger charge is -2.35. The number of amides is 1. The molecule has 21 heavy (non-hydrogen) atoms. The molecule has 2 rings (SSSR count). The standard InChI is InChI=1S/C13H15N5O3/c1-2-21-12(19)7-11-9-5-3-4-6-10(9)13(20)16-18(11)8-15-17-14/h3-6,11H,2,7-8H2,1H3,(H,16,20). The van der Waals surface area contributed by atoms with E-state index in [2.05, 4.69) is 15.5 Å². The number of esters is 1. The molecule has 110 valence electrons. The number of fused-ring (bicyclic) bond motifs is 1. The molecule has 0 saturated carbocycles. The van der Waals surface area contributed by atoms with Gasteiger partial charge in [0, 0.05) is 10.5 Å². The highest BCUT2D eigenvalue weighted by Crippen LogP contribution is 2.30. The van der Waals surface area contributed by atoms with Gasteiger partial charge in [-0.3, -0.25) is 15.0 Å². The Morgan fingerprint density at radius 2 is 2.29 bits per heavy atom. The van der Waals surface area contributed by atoms with Crippen LogP contribution in [0.15, 0.2) is 29.4 Å². The van der Waals surface area contributed by atoms with E-state index in [4.69, 9.17) is 10.3 Å². The average Bonchev–Trinajstić information content (AvgIpc) is 2.49. The van der Waals surface area contributed by atoms with E-state index in [1.807, 2.05) is 0 Å². The third kappa shape index (κ3) is 3.31. The molecule has 0 aliphatic carbocycles. The molecule has 1 amide bonds. The summed E-state index contributed by atoms with van der Waals surface area (Å²) in [5.41, 5.74) is 12.3. The number of hydrazine groups is 1. The molecule has 1 heterocycles. The van der Waals surface area contributed by atoms with Crippen molar-refractivity contribution >= 4 is 11.9 Å². The minimum atomic E-state index is -0.427. The molecule has 0 saturated heterocycles. The summed E-state index contributed by atoms with van der Waals surface area (Å²) in [6.07, 6.45) is 0.0616. The molecule has 1 aliphatic heterocycles. The zero-order valence-corrected chi connectivity index (χ0v) is 11.5. The van der Waals surface area contributed by atoms with E-state index < -0.39 is 6.04 Å². The maximum atomic E-state index is 12.0. The Hall–Kier alpha value is -2.57. The first kappa shape index (κ1) is 14.8. The van der Waals surface area contributed by atoms with Crippen LogP contribution in [0.1, 0.15) is 35.3 Å². The van der Waals surface area contributed by atoms with E-state index >= 15 is 0 Å². The van der Waals surface area contributed by atoms with E-state index in [0.717, 1.165) is 0 Å². The van der Waals surface area contributed by atoms with Crippen LogP contribution in [0, 0.1) is 0 Å². The largest absolute Gasteiger partial charge is 0.466 e. The van der Waals surface area contributed by atoms with Gasteiger partial charge in [-0.15, -0.1) is 0 Å². The molecular formula is C13H15N5O3. The van der Waals surface area contributed by atoms with Crippen molar-refractivity contribution in [1.82, 2.24) is 10.4 Å². The second-order valence-corrected chi connectivity index (χ2v) is 4.40. The van der Waals surface area contributed by atoms with Crippen molar-refractivity contribution < 1.29 is 14.3 Å². The first-order valence-electron chi connectivity index (χ1n) is 6.50. The van der Waals surface area contributed by atoms with Crippen molar-refractivity contribution in [3.8, 4) is 0 Å². The van der Waals surface area contributed by atoms with E-state index in [-0.39, 0.29) is 31.6 Å². The smallest absolute Gasteiger partial charge is 0.307 e. The van der Waals surface area contributed by atoms with Gasteiger partial charge in [-0.05, 0) is 24.1 Å². The highest BCUT2D eigenvalue weighted by molar-refractivity contribution is 5.96. The minimum absolute atomic E-state index is 0.0616. The van der Waals surface area contributed by atoms with Crippen molar-refractivity contribution in [3.63, 3.8) is 0 Å². The van der Waals surface area contributed by atoms with Gasteiger partial charge in [0.15, 0.2) is 0 Å². The van der Waals surface area contributed by atoms with Crippen LogP contribution in [0.4, 0.5) is 0 Å². The Balaban J connectivity index is 2.32. The summed E-state index contributed by atoms with van der Waals surface area (Å²) in [5.74, 6) is -0.668. The summed E-state index contributed by atoms with van der Waals surface area (Å²) in [4.78, 5) is 26.4. The summed E-state index contributed by atoms with van der Waals surface area (Å²) in [6.45, 7) is 1.95. The van der Waals surface area contributed by atoms with Crippen molar-refractivity contribution in [1.29, 1.82) is 0 Å². The van der Waals surface area contributed by atoms with Crippen molar-refractivity contribution in [3.05, 3.63) is 45.8 Å². The lowest BCUT2D eigenvalue weighted by Crippen LogP contribution is -2.49. The molecule has 0 aromatic heterocycles. The predicted molar refractivity (Wildman–Crippen MR) is 73.8 cm³/mol. The Kier molecular flexibility index (Phi) is 4.76. The lowest BCUT2D eigenvalue weighted by atomic mass is 9.95. The Morgan fingerprint density at radius 1 is 1.52 bits per heavy atom. The lowest BCUT2D eigenvalue weighted by molar-refractivity contribution is -0.145. The van der Waals surface area contributed by atoms with Gasteiger partial charge < -0.3 is 4.74 Å². The molecule has 8 heteroatoms. The van der Waals surface area contributed by atoms with Gasteiger partial charge in [-0.25, -0.2) is 5.01 Å². The van der Waals surface area contributed by atoms with E-state index in [9.17, 15) is 9.59 Å². The topological polar surface area (TPSA) is 107 Å². The molecule has 0 spiro atoms. The van der Waals surface area contributed by atoms with Crippen LogP contribution in [0.3, 0.4) is 0 Å². The highest BCUT2D eigenvalue weighted by atomic mass is 16.5. The molecular weight excluding hydrogens is 274 g/mol. The SMILES string of the molecule is CCOC(=O)CC1c2ccccc2C(=O)NN1CN=[N+]=[N-]. The Bertz CT molecular complexity index is 597. The van der Waals surface area contributed by atoms with E-state index in [0.29, 0.717) is 11.1 Å². The third-order valence-corrected chi connectivity index (χ3v) is 3.13. The Morgan fingerprint density at radius 3 is 3.00 bits per heavy atom. The highest BCUT2D eigenvalue weighted by Gasteiger charge is 2.32. The van der Waals surface area contributed by atoms with Crippen molar-refractivity contribution in [2.45, 2.75) is 19.4 Å². The number of hydrogen-bond donors (Lipinski definition) is 1. The molecule has 8 nitrogen and oxygen atoms in total.